The number of hydrogen-bond acceptors (Lipinski definition) is 6. The summed E-state index contributed by atoms with van der Waals surface area (Å²) in [7, 11) is 0. The van der Waals surface area contributed by atoms with Crippen LogP contribution in [-0.2, 0) is 11.0 Å². The summed E-state index contributed by atoms with van der Waals surface area (Å²) in [4.78, 5) is 24.3. The van der Waals surface area contributed by atoms with Gasteiger partial charge in [0.15, 0.2) is 5.82 Å². The first-order valence-corrected chi connectivity index (χ1v) is 11.0. The molecule has 0 unspecified atom stereocenters. The van der Waals surface area contributed by atoms with Crippen LogP contribution in [0.25, 0.3) is 0 Å². The molecule has 2 amide bonds. The summed E-state index contributed by atoms with van der Waals surface area (Å²) in [6, 6.07) is 11.5. The Labute approximate surface area is 208 Å². The lowest BCUT2D eigenvalue weighted by Gasteiger charge is -2.12. The van der Waals surface area contributed by atoms with Crippen LogP contribution < -0.4 is 20.7 Å². The lowest BCUT2D eigenvalue weighted by Crippen LogP contribution is -2.27. The number of rotatable bonds is 8. The number of benzene rings is 2. The Morgan fingerprint density at radius 3 is 2.47 bits per heavy atom. The summed E-state index contributed by atoms with van der Waals surface area (Å²) in [5.41, 5.74) is -0.995. The van der Waals surface area contributed by atoms with Crippen LogP contribution in [0.3, 0.4) is 0 Å². The van der Waals surface area contributed by atoms with Crippen molar-refractivity contribution in [1.82, 2.24) is 15.5 Å². The first kappa shape index (κ1) is 25.0. The molecule has 3 aromatic rings. The minimum Gasteiger partial charge on any atom is -0.437 e. The average molecular weight is 518 g/mol. The number of hydrogen-bond donors (Lipinski definition) is 3. The second-order valence-electron chi connectivity index (χ2n) is 7.90. The molecule has 1 aliphatic rings. The van der Waals surface area contributed by atoms with Gasteiger partial charge in [0.25, 0.3) is 5.91 Å². The van der Waals surface area contributed by atoms with Crippen molar-refractivity contribution in [2.45, 2.75) is 19.0 Å². The fraction of sp³-hybridized carbons (Fsp3) is 0.167. The van der Waals surface area contributed by atoms with E-state index < -0.39 is 17.6 Å². The number of anilines is 2. The molecule has 36 heavy (non-hydrogen) atoms. The van der Waals surface area contributed by atoms with Crippen molar-refractivity contribution in [3.05, 3.63) is 83.1 Å². The van der Waals surface area contributed by atoms with E-state index in [2.05, 4.69) is 32.7 Å². The summed E-state index contributed by atoms with van der Waals surface area (Å²) in [5, 5.41) is 16.0. The molecular formula is C24H19ClF3N5O3. The predicted molar refractivity (Wildman–Crippen MR) is 127 cm³/mol. The maximum atomic E-state index is 12.9. The molecule has 1 heterocycles. The lowest BCUT2D eigenvalue weighted by atomic mass is 10.1. The van der Waals surface area contributed by atoms with E-state index in [9.17, 15) is 22.8 Å². The van der Waals surface area contributed by atoms with Crippen molar-refractivity contribution in [2.75, 3.05) is 10.6 Å². The zero-order valence-electron chi connectivity index (χ0n) is 18.5. The number of alkyl halides is 3. The van der Waals surface area contributed by atoms with Gasteiger partial charge in [0, 0.05) is 23.6 Å². The van der Waals surface area contributed by atoms with Crippen LogP contribution >= 0.6 is 11.6 Å². The monoisotopic (exact) mass is 517 g/mol. The second kappa shape index (κ2) is 10.2. The van der Waals surface area contributed by atoms with Crippen LogP contribution in [0.4, 0.5) is 24.7 Å². The maximum absolute atomic E-state index is 12.9. The molecular weight excluding hydrogens is 499 g/mol. The number of amides is 2. The third-order valence-electron chi connectivity index (χ3n) is 5.00. The number of halogens is 4. The quantitative estimate of drug-likeness (QED) is 0.359. The van der Waals surface area contributed by atoms with E-state index in [0.717, 1.165) is 31.0 Å². The van der Waals surface area contributed by atoms with Gasteiger partial charge in [0.2, 0.25) is 11.8 Å². The molecule has 2 aromatic carbocycles. The first-order valence-electron chi connectivity index (χ1n) is 10.6. The number of aromatic nitrogens is 2. The predicted octanol–water partition coefficient (Wildman–Crippen LogP) is 5.60. The van der Waals surface area contributed by atoms with Gasteiger partial charge in [-0.1, -0.05) is 24.2 Å². The number of carbonyl (C=O) groups excluding carboxylic acids is 2. The van der Waals surface area contributed by atoms with E-state index >= 15 is 0 Å². The van der Waals surface area contributed by atoms with E-state index in [0.29, 0.717) is 5.82 Å². The summed E-state index contributed by atoms with van der Waals surface area (Å²) in [5.74, 6) is 0.121. The maximum Gasteiger partial charge on any atom is 0.416 e. The molecule has 0 saturated heterocycles. The van der Waals surface area contributed by atoms with Gasteiger partial charge in [-0.05, 0) is 49.2 Å². The van der Waals surface area contributed by atoms with Gasteiger partial charge >= 0.3 is 6.18 Å². The Morgan fingerprint density at radius 2 is 1.81 bits per heavy atom. The van der Waals surface area contributed by atoms with E-state index in [1.54, 1.807) is 6.07 Å². The van der Waals surface area contributed by atoms with Crippen molar-refractivity contribution in [2.24, 2.45) is 5.92 Å². The highest BCUT2D eigenvalue weighted by Crippen LogP contribution is 2.32. The standard InChI is InChI=1S/C24H19ClF3N5O3/c1-13(30-22(34)14-5-6-14)29-20-9-10-21(33-32-20)36-17-7-8-18(25)19(12-17)31-23(35)15-3-2-4-16(11-15)24(26,27)28/h2-4,7-12,14H,1,5-6H2,(H,29,32)(H,30,34)(H,31,35). The second-order valence-corrected chi connectivity index (χ2v) is 8.31. The summed E-state index contributed by atoms with van der Waals surface area (Å²) < 4.78 is 44.5. The van der Waals surface area contributed by atoms with Crippen LogP contribution in [0.5, 0.6) is 11.6 Å². The molecule has 0 atom stereocenters. The summed E-state index contributed by atoms with van der Waals surface area (Å²) in [6.45, 7) is 3.73. The van der Waals surface area contributed by atoms with Crippen molar-refractivity contribution in [3.8, 4) is 11.6 Å². The number of nitrogens with one attached hydrogen (secondary N) is 3. The van der Waals surface area contributed by atoms with Gasteiger partial charge in [-0.15, -0.1) is 10.2 Å². The fourth-order valence-electron chi connectivity index (χ4n) is 3.04. The van der Waals surface area contributed by atoms with Gasteiger partial charge in [-0.2, -0.15) is 13.2 Å². The number of carbonyl (C=O) groups is 2. The molecule has 3 N–H and O–H groups in total. The Bertz CT molecular complexity index is 1310. The third-order valence-corrected chi connectivity index (χ3v) is 5.33. The molecule has 0 bridgehead atoms. The van der Waals surface area contributed by atoms with Crippen LogP contribution in [0, 0.1) is 5.92 Å². The van der Waals surface area contributed by atoms with Crippen molar-refractivity contribution in [1.29, 1.82) is 0 Å². The molecule has 12 heteroatoms. The van der Waals surface area contributed by atoms with Crippen LogP contribution in [0.15, 0.2) is 67.0 Å². The number of ether oxygens (including phenoxy) is 1. The normalized spacial score (nSPS) is 13.0. The topological polar surface area (TPSA) is 105 Å². The molecule has 1 fully saturated rings. The van der Waals surface area contributed by atoms with Crippen LogP contribution in [0.1, 0.15) is 28.8 Å². The molecule has 1 aliphatic carbocycles. The molecule has 4 rings (SSSR count). The number of nitrogens with zero attached hydrogens (tertiary/aromatic N) is 2. The molecule has 0 spiro atoms. The Hall–Kier alpha value is -4.12. The zero-order chi connectivity index (χ0) is 25.9. The lowest BCUT2D eigenvalue weighted by molar-refractivity contribution is -0.137. The smallest absolute Gasteiger partial charge is 0.416 e. The van der Waals surface area contributed by atoms with E-state index in [1.807, 2.05) is 0 Å². The molecule has 1 aromatic heterocycles. The molecule has 8 nitrogen and oxygen atoms in total. The zero-order valence-corrected chi connectivity index (χ0v) is 19.3. The van der Waals surface area contributed by atoms with Gasteiger partial charge in [-0.3, -0.25) is 9.59 Å². The fourth-order valence-corrected chi connectivity index (χ4v) is 3.20. The first-order chi connectivity index (χ1) is 17.1. The Morgan fingerprint density at radius 1 is 1.03 bits per heavy atom. The van der Waals surface area contributed by atoms with E-state index in [1.165, 1.54) is 30.3 Å². The van der Waals surface area contributed by atoms with Crippen LogP contribution in [-0.4, -0.2) is 22.0 Å². The Kier molecular flexibility index (Phi) is 7.11. The van der Waals surface area contributed by atoms with Gasteiger partial charge in [0.1, 0.15) is 11.6 Å². The van der Waals surface area contributed by atoms with Gasteiger partial charge in [0.05, 0.1) is 16.3 Å². The largest absolute Gasteiger partial charge is 0.437 e. The van der Waals surface area contributed by atoms with Crippen molar-refractivity contribution < 1.29 is 27.5 Å². The summed E-state index contributed by atoms with van der Waals surface area (Å²) in [6.07, 6.45) is -2.84. The minimum absolute atomic E-state index is 0.0320. The SMILES string of the molecule is C=C(NC(=O)C1CC1)Nc1ccc(Oc2ccc(Cl)c(NC(=O)c3cccc(C(F)(F)F)c3)c2)nn1. The van der Waals surface area contributed by atoms with Gasteiger partial charge in [-0.25, -0.2) is 0 Å². The van der Waals surface area contributed by atoms with Crippen molar-refractivity contribution >= 4 is 34.9 Å². The molecule has 186 valence electrons. The molecule has 0 radical (unpaired) electrons. The molecule has 1 saturated carbocycles. The Balaban J connectivity index is 1.39. The van der Waals surface area contributed by atoms with E-state index in [-0.39, 0.29) is 45.5 Å². The van der Waals surface area contributed by atoms with Crippen LogP contribution in [0.2, 0.25) is 5.02 Å². The van der Waals surface area contributed by atoms with Crippen molar-refractivity contribution in [3.63, 3.8) is 0 Å². The van der Waals surface area contributed by atoms with Gasteiger partial charge < -0.3 is 20.7 Å². The summed E-state index contributed by atoms with van der Waals surface area (Å²) >= 11 is 6.14. The highest BCUT2D eigenvalue weighted by molar-refractivity contribution is 6.34. The average Bonchev–Trinajstić information content (AvgIpc) is 3.68. The highest BCUT2D eigenvalue weighted by atomic mass is 35.5. The molecule has 0 aliphatic heterocycles. The minimum atomic E-state index is -4.58. The van der Waals surface area contributed by atoms with E-state index in [4.69, 9.17) is 16.3 Å². The highest BCUT2D eigenvalue weighted by Gasteiger charge is 2.31. The third kappa shape index (κ3) is 6.51.